The van der Waals surface area contributed by atoms with E-state index in [2.05, 4.69) is 5.43 Å². The summed E-state index contributed by atoms with van der Waals surface area (Å²) in [6, 6.07) is 22.5. The standard InChI is InChI=1S/C39H32BClFN3O8/c1-53-32-16-5-20(17-31(32)46)34-27-14-15-28-33(37(49)44(35(28)47)26-4-2-3-22(18-26)40(51)52)29(27)19-30-36(48)45(43-25-12-10-24(42)11-13-25)38(50)39(30,34)21-6-8-23(41)9-7-21/h2-14,16-18,28-30,33-34,43,46,51-52H,15,19H2,1H3/t28-,29+,30-,33-,34-,39+/m0/s1. The number of hydrogen-bond donors (Lipinski definition) is 4. The lowest BCUT2D eigenvalue weighted by molar-refractivity contribution is -0.138. The lowest BCUT2D eigenvalue weighted by Crippen LogP contribution is -2.53. The Bertz CT molecular complexity index is 2220. The summed E-state index contributed by atoms with van der Waals surface area (Å²) in [5.74, 6) is -7.06. The van der Waals surface area contributed by atoms with Crippen molar-refractivity contribution in [2.24, 2.45) is 23.7 Å². The number of hydrazine groups is 1. The lowest BCUT2D eigenvalue weighted by Gasteiger charge is -2.50. The lowest BCUT2D eigenvalue weighted by atomic mass is 9.49. The van der Waals surface area contributed by atoms with Gasteiger partial charge in [-0.25, -0.2) is 4.39 Å². The molecule has 4 aromatic carbocycles. The zero-order valence-electron chi connectivity index (χ0n) is 28.1. The fourth-order valence-corrected chi connectivity index (χ4v) is 9.12. The average molecular weight is 736 g/mol. The normalized spacial score (nSPS) is 26.2. The van der Waals surface area contributed by atoms with Crippen molar-refractivity contribution >= 4 is 59.2 Å². The Morgan fingerprint density at radius 1 is 0.906 bits per heavy atom. The quantitative estimate of drug-likeness (QED) is 0.125. The number of rotatable bonds is 7. The summed E-state index contributed by atoms with van der Waals surface area (Å²) in [7, 11) is -0.416. The zero-order chi connectivity index (χ0) is 37.3. The van der Waals surface area contributed by atoms with E-state index in [0.29, 0.717) is 21.7 Å². The van der Waals surface area contributed by atoms with Crippen molar-refractivity contribution in [3.05, 3.63) is 125 Å². The van der Waals surface area contributed by atoms with Crippen molar-refractivity contribution < 1.29 is 43.5 Å². The third kappa shape index (κ3) is 5.25. The molecule has 4 amide bonds. The first-order valence-corrected chi connectivity index (χ1v) is 17.4. The van der Waals surface area contributed by atoms with Gasteiger partial charge in [0.05, 0.1) is 41.7 Å². The molecule has 2 saturated heterocycles. The summed E-state index contributed by atoms with van der Waals surface area (Å²) in [4.78, 5) is 59.6. The molecule has 268 valence electrons. The van der Waals surface area contributed by atoms with Gasteiger partial charge in [0.25, 0.3) is 11.8 Å². The SMILES string of the molecule is COc1ccc([C@H]2C3=CC[C@@H]4C(=O)N(c5cccc(B(O)O)c5)C(=O)[C@@H]4[C@@H]3C[C@H]3C(=O)N(Nc4ccc(F)cc4)C(=O)[C@@]23c2ccc(Cl)cc2)cc1O. The van der Waals surface area contributed by atoms with Crippen LogP contribution in [0.4, 0.5) is 15.8 Å². The molecule has 53 heavy (non-hydrogen) atoms. The highest BCUT2D eigenvalue weighted by atomic mass is 35.5. The van der Waals surface area contributed by atoms with E-state index in [0.717, 1.165) is 9.91 Å². The van der Waals surface area contributed by atoms with Gasteiger partial charge in [-0.15, -0.1) is 0 Å². The molecule has 0 radical (unpaired) electrons. The number of anilines is 2. The number of carbonyl (C=O) groups is 4. The smallest absolute Gasteiger partial charge is 0.488 e. The van der Waals surface area contributed by atoms with E-state index >= 15 is 4.79 Å². The van der Waals surface area contributed by atoms with Crippen molar-refractivity contribution in [2.75, 3.05) is 17.4 Å². The molecule has 2 heterocycles. The Morgan fingerprint density at radius 3 is 2.32 bits per heavy atom. The van der Waals surface area contributed by atoms with Crippen LogP contribution in [-0.4, -0.2) is 58.0 Å². The monoisotopic (exact) mass is 735 g/mol. The highest BCUT2D eigenvalue weighted by molar-refractivity contribution is 6.58. The van der Waals surface area contributed by atoms with Crippen molar-refractivity contribution in [3.63, 3.8) is 0 Å². The molecule has 0 aromatic heterocycles. The molecular formula is C39H32BClFN3O8. The Kier molecular flexibility index (Phi) is 8.40. The van der Waals surface area contributed by atoms with Gasteiger partial charge < -0.3 is 19.9 Å². The van der Waals surface area contributed by atoms with Gasteiger partial charge in [-0.05, 0) is 96.0 Å². The summed E-state index contributed by atoms with van der Waals surface area (Å²) in [5, 5.41) is 32.0. The van der Waals surface area contributed by atoms with Crippen LogP contribution in [0, 0.1) is 29.5 Å². The van der Waals surface area contributed by atoms with Crippen LogP contribution in [-0.2, 0) is 24.6 Å². The minimum absolute atomic E-state index is 0.0166. The van der Waals surface area contributed by atoms with E-state index in [1.807, 2.05) is 6.08 Å². The summed E-state index contributed by atoms with van der Waals surface area (Å²) < 4.78 is 19.2. The summed E-state index contributed by atoms with van der Waals surface area (Å²) in [5.41, 5.74) is 3.47. The van der Waals surface area contributed by atoms with Crippen LogP contribution in [0.25, 0.3) is 0 Å². The van der Waals surface area contributed by atoms with Crippen LogP contribution >= 0.6 is 11.6 Å². The van der Waals surface area contributed by atoms with E-state index in [1.54, 1.807) is 42.5 Å². The molecule has 3 fully saturated rings. The maximum Gasteiger partial charge on any atom is 0.488 e. The fraction of sp³-hybridized carbons (Fsp3) is 0.231. The van der Waals surface area contributed by atoms with Gasteiger partial charge in [0.15, 0.2) is 11.5 Å². The van der Waals surface area contributed by atoms with E-state index < -0.39 is 71.6 Å². The Morgan fingerprint density at radius 2 is 1.64 bits per heavy atom. The number of nitrogens with one attached hydrogen (secondary N) is 1. The Labute approximate surface area is 308 Å². The highest BCUT2D eigenvalue weighted by Crippen LogP contribution is 2.64. The van der Waals surface area contributed by atoms with E-state index in [4.69, 9.17) is 16.3 Å². The summed E-state index contributed by atoms with van der Waals surface area (Å²) in [6.07, 6.45) is 2.05. The van der Waals surface area contributed by atoms with E-state index in [1.165, 1.54) is 55.6 Å². The number of aromatic hydroxyl groups is 1. The predicted octanol–water partition coefficient (Wildman–Crippen LogP) is 4.06. The maximum atomic E-state index is 15.2. The van der Waals surface area contributed by atoms with Crippen LogP contribution in [0.5, 0.6) is 11.5 Å². The molecule has 0 unspecified atom stereocenters. The van der Waals surface area contributed by atoms with Crippen molar-refractivity contribution in [2.45, 2.75) is 24.2 Å². The van der Waals surface area contributed by atoms with Crippen LogP contribution in [0.1, 0.15) is 29.9 Å². The molecule has 0 spiro atoms. The largest absolute Gasteiger partial charge is 0.504 e. The predicted molar refractivity (Wildman–Crippen MR) is 192 cm³/mol. The number of halogens is 2. The molecule has 1 saturated carbocycles. The topological polar surface area (TPSA) is 157 Å². The third-order valence-electron chi connectivity index (χ3n) is 11.2. The number of hydrogen-bond acceptors (Lipinski definition) is 9. The van der Waals surface area contributed by atoms with Crippen LogP contribution in [0.3, 0.4) is 0 Å². The number of carbonyl (C=O) groups excluding carboxylic acids is 4. The fourth-order valence-electron chi connectivity index (χ4n) is 9.00. The number of imide groups is 2. The first kappa shape index (κ1) is 34.6. The van der Waals surface area contributed by atoms with Gasteiger partial charge in [0.1, 0.15) is 5.82 Å². The first-order valence-electron chi connectivity index (χ1n) is 17.0. The second-order valence-corrected chi connectivity index (χ2v) is 14.2. The van der Waals surface area contributed by atoms with Gasteiger partial charge in [-0.3, -0.25) is 29.5 Å². The minimum atomic E-state index is -1.82. The molecule has 14 heteroatoms. The Balaban J connectivity index is 1.31. The number of nitrogens with zero attached hydrogens (tertiary/aromatic N) is 2. The van der Waals surface area contributed by atoms with Crippen molar-refractivity contribution in [1.82, 2.24) is 5.01 Å². The second kappa shape index (κ2) is 12.9. The minimum Gasteiger partial charge on any atom is -0.504 e. The van der Waals surface area contributed by atoms with Gasteiger partial charge in [0, 0.05) is 10.9 Å². The molecule has 2 aliphatic heterocycles. The number of methoxy groups -OCH3 is 1. The zero-order valence-corrected chi connectivity index (χ0v) is 28.9. The van der Waals surface area contributed by atoms with Gasteiger partial charge in [-0.2, -0.15) is 5.01 Å². The molecular weight excluding hydrogens is 704 g/mol. The molecule has 4 N–H and O–H groups in total. The highest BCUT2D eigenvalue weighted by Gasteiger charge is 2.70. The summed E-state index contributed by atoms with van der Waals surface area (Å²) in [6.45, 7) is 0. The van der Waals surface area contributed by atoms with Crippen molar-refractivity contribution in [1.29, 1.82) is 0 Å². The van der Waals surface area contributed by atoms with Crippen LogP contribution in [0.2, 0.25) is 5.02 Å². The van der Waals surface area contributed by atoms with Gasteiger partial charge in [-0.1, -0.05) is 53.6 Å². The number of allylic oxidation sites excluding steroid dienone is 2. The number of phenolic OH excluding ortho intramolecular Hbond substituents is 1. The van der Waals surface area contributed by atoms with Gasteiger partial charge in [0.2, 0.25) is 11.8 Å². The molecule has 11 nitrogen and oxygen atoms in total. The van der Waals surface area contributed by atoms with Gasteiger partial charge >= 0.3 is 7.12 Å². The van der Waals surface area contributed by atoms with Crippen molar-refractivity contribution in [3.8, 4) is 11.5 Å². The number of amides is 4. The number of benzene rings is 4. The number of phenols is 1. The molecule has 2 aliphatic carbocycles. The third-order valence-corrected chi connectivity index (χ3v) is 11.5. The maximum absolute atomic E-state index is 15.2. The molecule has 4 aromatic rings. The van der Waals surface area contributed by atoms with Crippen LogP contribution in [0.15, 0.2) is 103 Å². The molecule has 8 rings (SSSR count). The van der Waals surface area contributed by atoms with Crippen LogP contribution < -0.4 is 20.5 Å². The Hall–Kier alpha value is -5.50. The summed E-state index contributed by atoms with van der Waals surface area (Å²) >= 11 is 6.34. The second-order valence-electron chi connectivity index (χ2n) is 13.8. The first-order chi connectivity index (χ1) is 25.4. The number of fused-ring (bicyclic) bond motifs is 4. The molecule has 6 atom stereocenters. The average Bonchev–Trinajstić information content (AvgIpc) is 3.53. The van der Waals surface area contributed by atoms with E-state index in [9.17, 15) is 33.9 Å². The molecule has 4 aliphatic rings. The van der Waals surface area contributed by atoms with E-state index in [-0.39, 0.29) is 41.2 Å². The molecule has 0 bridgehead atoms. The number of ether oxygens (including phenoxy) is 1.